The lowest BCUT2D eigenvalue weighted by atomic mass is 9.98. The normalized spacial score (nSPS) is 12.9. The Kier molecular flexibility index (Phi) is 4.43. The van der Waals surface area contributed by atoms with Crippen LogP contribution in [0.3, 0.4) is 0 Å². The number of halogens is 1. The molecule has 0 bridgehead atoms. The van der Waals surface area contributed by atoms with Gasteiger partial charge in [0.2, 0.25) is 0 Å². The van der Waals surface area contributed by atoms with Gasteiger partial charge in [-0.2, -0.15) is 0 Å². The Bertz CT molecular complexity index is 296. The maximum atomic E-state index is 9.07. The van der Waals surface area contributed by atoms with E-state index in [-0.39, 0.29) is 12.5 Å². The highest BCUT2D eigenvalue weighted by Gasteiger charge is 2.10. The van der Waals surface area contributed by atoms with E-state index in [0.29, 0.717) is 0 Å². The zero-order valence-electron chi connectivity index (χ0n) is 8.76. The van der Waals surface area contributed by atoms with Crippen molar-refractivity contribution in [2.75, 3.05) is 6.61 Å². The molecule has 0 saturated carbocycles. The van der Waals surface area contributed by atoms with Gasteiger partial charge in [-0.3, -0.25) is 0 Å². The highest BCUT2D eigenvalue weighted by Crippen LogP contribution is 2.28. The SMILES string of the molecule is CCCc1cccc(C(C)CO)c1Cl. The maximum absolute atomic E-state index is 9.07. The second-order valence-electron chi connectivity index (χ2n) is 3.65. The average Bonchev–Trinajstić information content (AvgIpc) is 2.20. The van der Waals surface area contributed by atoms with Crippen molar-refractivity contribution in [3.05, 3.63) is 34.3 Å². The van der Waals surface area contributed by atoms with E-state index in [2.05, 4.69) is 13.0 Å². The summed E-state index contributed by atoms with van der Waals surface area (Å²) >= 11 is 6.25. The van der Waals surface area contributed by atoms with Gasteiger partial charge in [0.1, 0.15) is 0 Å². The summed E-state index contributed by atoms with van der Waals surface area (Å²) in [5, 5.41) is 9.90. The van der Waals surface area contributed by atoms with Crippen LogP contribution in [0.25, 0.3) is 0 Å². The number of aliphatic hydroxyl groups excluding tert-OH is 1. The molecule has 1 nitrogen and oxygen atoms in total. The topological polar surface area (TPSA) is 20.2 Å². The molecule has 0 saturated heterocycles. The molecule has 1 N–H and O–H groups in total. The Labute approximate surface area is 90.7 Å². The van der Waals surface area contributed by atoms with Gasteiger partial charge < -0.3 is 5.11 Å². The number of hydrogen-bond acceptors (Lipinski definition) is 1. The highest BCUT2D eigenvalue weighted by molar-refractivity contribution is 6.32. The van der Waals surface area contributed by atoms with Crippen molar-refractivity contribution in [3.63, 3.8) is 0 Å². The summed E-state index contributed by atoms with van der Waals surface area (Å²) in [7, 11) is 0. The fourth-order valence-corrected chi connectivity index (χ4v) is 1.95. The van der Waals surface area contributed by atoms with Crippen LogP contribution in [-0.4, -0.2) is 11.7 Å². The van der Waals surface area contributed by atoms with E-state index < -0.39 is 0 Å². The average molecular weight is 213 g/mol. The van der Waals surface area contributed by atoms with Gasteiger partial charge in [0.25, 0.3) is 0 Å². The van der Waals surface area contributed by atoms with Crippen LogP contribution in [0.5, 0.6) is 0 Å². The van der Waals surface area contributed by atoms with Crippen LogP contribution >= 0.6 is 11.6 Å². The van der Waals surface area contributed by atoms with Gasteiger partial charge in [-0.15, -0.1) is 0 Å². The minimum Gasteiger partial charge on any atom is -0.396 e. The van der Waals surface area contributed by atoms with Gasteiger partial charge in [0, 0.05) is 17.5 Å². The molecule has 0 aliphatic carbocycles. The molecule has 0 fully saturated rings. The highest BCUT2D eigenvalue weighted by atomic mass is 35.5. The van der Waals surface area contributed by atoms with Gasteiger partial charge in [-0.05, 0) is 17.5 Å². The number of aryl methyl sites for hydroxylation is 1. The molecule has 78 valence electrons. The molecule has 0 spiro atoms. The minimum atomic E-state index is 0.124. The molecular weight excluding hydrogens is 196 g/mol. The number of aliphatic hydroxyl groups is 1. The van der Waals surface area contributed by atoms with Crippen LogP contribution in [0.4, 0.5) is 0 Å². The first-order valence-corrected chi connectivity index (χ1v) is 5.46. The lowest BCUT2D eigenvalue weighted by molar-refractivity contribution is 0.273. The van der Waals surface area contributed by atoms with E-state index in [0.717, 1.165) is 23.4 Å². The standard InChI is InChI=1S/C12H17ClO/c1-3-5-10-6-4-7-11(12(10)13)9(2)8-14/h4,6-7,9,14H,3,5,8H2,1-2H3. The summed E-state index contributed by atoms with van der Waals surface area (Å²) < 4.78 is 0. The largest absolute Gasteiger partial charge is 0.396 e. The van der Waals surface area contributed by atoms with Crippen molar-refractivity contribution in [3.8, 4) is 0 Å². The molecule has 0 aromatic heterocycles. The second kappa shape index (κ2) is 5.38. The minimum absolute atomic E-state index is 0.124. The third-order valence-corrected chi connectivity index (χ3v) is 2.89. The fourth-order valence-electron chi connectivity index (χ4n) is 1.54. The van der Waals surface area contributed by atoms with E-state index in [1.165, 1.54) is 5.56 Å². The molecule has 0 radical (unpaired) electrons. The van der Waals surface area contributed by atoms with Gasteiger partial charge in [-0.1, -0.05) is 50.1 Å². The predicted octanol–water partition coefficient (Wildman–Crippen LogP) is 3.39. The van der Waals surface area contributed by atoms with Crippen LogP contribution in [0.1, 0.15) is 37.3 Å². The first-order chi connectivity index (χ1) is 6.70. The van der Waals surface area contributed by atoms with Crippen molar-refractivity contribution in [1.29, 1.82) is 0 Å². The first kappa shape index (κ1) is 11.5. The molecule has 2 heteroatoms. The predicted molar refractivity (Wildman–Crippen MR) is 60.9 cm³/mol. The van der Waals surface area contributed by atoms with E-state index >= 15 is 0 Å². The van der Waals surface area contributed by atoms with Crippen molar-refractivity contribution in [1.82, 2.24) is 0 Å². The number of benzene rings is 1. The van der Waals surface area contributed by atoms with Gasteiger partial charge in [0.15, 0.2) is 0 Å². The Morgan fingerprint density at radius 1 is 1.43 bits per heavy atom. The lowest BCUT2D eigenvalue weighted by Gasteiger charge is -2.13. The maximum Gasteiger partial charge on any atom is 0.0497 e. The molecule has 1 atom stereocenters. The number of rotatable bonds is 4. The van der Waals surface area contributed by atoms with Crippen LogP contribution in [0.2, 0.25) is 5.02 Å². The zero-order chi connectivity index (χ0) is 10.6. The zero-order valence-corrected chi connectivity index (χ0v) is 9.51. The fraction of sp³-hybridized carbons (Fsp3) is 0.500. The molecule has 1 aromatic rings. The second-order valence-corrected chi connectivity index (χ2v) is 4.03. The van der Waals surface area contributed by atoms with Crippen molar-refractivity contribution in [2.24, 2.45) is 0 Å². The smallest absolute Gasteiger partial charge is 0.0497 e. The molecule has 1 unspecified atom stereocenters. The summed E-state index contributed by atoms with van der Waals surface area (Å²) in [6, 6.07) is 6.06. The Hall–Kier alpha value is -0.530. The van der Waals surface area contributed by atoms with Crippen LogP contribution in [0.15, 0.2) is 18.2 Å². The molecule has 0 aliphatic heterocycles. The van der Waals surface area contributed by atoms with E-state index in [4.69, 9.17) is 16.7 Å². The lowest BCUT2D eigenvalue weighted by Crippen LogP contribution is -2.01. The van der Waals surface area contributed by atoms with Crippen molar-refractivity contribution < 1.29 is 5.11 Å². The quantitative estimate of drug-likeness (QED) is 0.811. The summed E-state index contributed by atoms with van der Waals surface area (Å²) in [5.74, 6) is 0.124. The van der Waals surface area contributed by atoms with E-state index in [1.807, 2.05) is 19.1 Å². The summed E-state index contributed by atoms with van der Waals surface area (Å²) in [5.41, 5.74) is 2.24. The third-order valence-electron chi connectivity index (χ3n) is 2.43. The monoisotopic (exact) mass is 212 g/mol. The van der Waals surface area contributed by atoms with Crippen molar-refractivity contribution in [2.45, 2.75) is 32.6 Å². The van der Waals surface area contributed by atoms with Crippen LogP contribution < -0.4 is 0 Å². The molecular formula is C12H17ClO. The van der Waals surface area contributed by atoms with Crippen LogP contribution in [-0.2, 0) is 6.42 Å². The Morgan fingerprint density at radius 2 is 2.14 bits per heavy atom. The number of hydrogen-bond donors (Lipinski definition) is 1. The first-order valence-electron chi connectivity index (χ1n) is 5.08. The van der Waals surface area contributed by atoms with Crippen LogP contribution in [0, 0.1) is 0 Å². The molecule has 0 amide bonds. The molecule has 1 aromatic carbocycles. The van der Waals surface area contributed by atoms with E-state index in [9.17, 15) is 0 Å². The van der Waals surface area contributed by atoms with E-state index in [1.54, 1.807) is 0 Å². The van der Waals surface area contributed by atoms with Gasteiger partial charge in [0.05, 0.1) is 0 Å². The third kappa shape index (κ3) is 2.49. The summed E-state index contributed by atoms with van der Waals surface area (Å²) in [6.07, 6.45) is 2.10. The summed E-state index contributed by atoms with van der Waals surface area (Å²) in [6.45, 7) is 4.27. The Balaban J connectivity index is 3.00. The molecule has 0 aliphatic rings. The molecule has 14 heavy (non-hydrogen) atoms. The molecule has 1 rings (SSSR count). The van der Waals surface area contributed by atoms with Gasteiger partial charge >= 0.3 is 0 Å². The molecule has 0 heterocycles. The summed E-state index contributed by atoms with van der Waals surface area (Å²) in [4.78, 5) is 0. The van der Waals surface area contributed by atoms with Gasteiger partial charge in [-0.25, -0.2) is 0 Å². The Morgan fingerprint density at radius 3 is 2.71 bits per heavy atom. The van der Waals surface area contributed by atoms with Crippen molar-refractivity contribution >= 4 is 11.6 Å².